The lowest BCUT2D eigenvalue weighted by molar-refractivity contribution is -0.0376. The molecular formula is C25H33NO5. The number of piperidine rings is 1. The second-order valence-electron chi connectivity index (χ2n) is 8.80. The first kappa shape index (κ1) is 23.1. The van der Waals surface area contributed by atoms with Crippen molar-refractivity contribution < 1.29 is 24.1 Å². The molecule has 6 nitrogen and oxygen atoms in total. The van der Waals surface area contributed by atoms with Gasteiger partial charge in [-0.05, 0) is 50.5 Å². The number of aliphatic hydroxyl groups excluding tert-OH is 1. The van der Waals surface area contributed by atoms with Crippen molar-refractivity contribution in [3.05, 3.63) is 65.7 Å². The summed E-state index contributed by atoms with van der Waals surface area (Å²) in [6.45, 7) is 7.33. The summed E-state index contributed by atoms with van der Waals surface area (Å²) in [5.74, 6) is 0.944. The van der Waals surface area contributed by atoms with E-state index in [1.54, 1.807) is 4.90 Å². The van der Waals surface area contributed by atoms with Crippen molar-refractivity contribution in [1.29, 1.82) is 0 Å². The fourth-order valence-electron chi connectivity index (χ4n) is 3.72. The van der Waals surface area contributed by atoms with Gasteiger partial charge in [-0.15, -0.1) is 0 Å². The van der Waals surface area contributed by atoms with Crippen LogP contribution in [0.25, 0.3) is 0 Å². The summed E-state index contributed by atoms with van der Waals surface area (Å²) in [5, 5.41) is 9.22. The molecule has 1 fully saturated rings. The average Bonchev–Trinajstić information content (AvgIpc) is 2.76. The summed E-state index contributed by atoms with van der Waals surface area (Å²) in [5.41, 5.74) is 1.72. The van der Waals surface area contributed by atoms with E-state index < -0.39 is 5.60 Å². The van der Waals surface area contributed by atoms with Crippen LogP contribution in [0.5, 0.6) is 5.75 Å². The van der Waals surface area contributed by atoms with Crippen LogP contribution in [-0.4, -0.2) is 54.1 Å². The Hall–Kier alpha value is -2.57. The lowest BCUT2D eigenvalue weighted by Gasteiger charge is -2.39. The number of nitrogens with zero attached hydrogens (tertiary/aromatic N) is 1. The van der Waals surface area contributed by atoms with E-state index in [1.807, 2.05) is 63.2 Å². The first-order valence-corrected chi connectivity index (χ1v) is 10.8. The van der Waals surface area contributed by atoms with Crippen molar-refractivity contribution >= 4 is 6.09 Å². The van der Waals surface area contributed by atoms with E-state index in [1.165, 1.54) is 0 Å². The summed E-state index contributed by atoms with van der Waals surface area (Å²) >= 11 is 0. The van der Waals surface area contributed by atoms with E-state index in [0.29, 0.717) is 19.7 Å². The number of carbonyl (C=O) groups is 1. The van der Waals surface area contributed by atoms with Gasteiger partial charge < -0.3 is 24.2 Å². The maximum atomic E-state index is 12.5. The topological polar surface area (TPSA) is 68.2 Å². The Morgan fingerprint density at radius 3 is 2.45 bits per heavy atom. The van der Waals surface area contributed by atoms with Gasteiger partial charge in [0.05, 0.1) is 25.9 Å². The molecular weight excluding hydrogens is 394 g/mol. The number of hydrogen-bond acceptors (Lipinski definition) is 5. The number of ether oxygens (including phenoxy) is 3. The third kappa shape index (κ3) is 6.97. The number of rotatable bonds is 7. The summed E-state index contributed by atoms with van der Waals surface area (Å²) in [6.07, 6.45) is 0.234. The molecule has 0 radical (unpaired) electrons. The highest BCUT2D eigenvalue weighted by Crippen LogP contribution is 2.32. The molecule has 31 heavy (non-hydrogen) atoms. The number of hydrogen-bond donors (Lipinski definition) is 1. The van der Waals surface area contributed by atoms with E-state index in [9.17, 15) is 9.90 Å². The Morgan fingerprint density at radius 2 is 1.81 bits per heavy atom. The fraction of sp³-hybridized carbons (Fsp3) is 0.480. The molecule has 0 saturated carbocycles. The molecule has 1 amide bonds. The van der Waals surface area contributed by atoms with Gasteiger partial charge in [-0.2, -0.15) is 0 Å². The van der Waals surface area contributed by atoms with Gasteiger partial charge in [0.2, 0.25) is 0 Å². The fourth-order valence-corrected chi connectivity index (χ4v) is 3.72. The standard InChI is InChI=1S/C25H33NO5/c1-25(2,3)31-24(28)26-14-13-22(23(17-26)29-16-15-27)20-9-11-21(12-10-20)30-18-19-7-5-4-6-8-19/h4-12,22-23,27H,13-18H2,1-3H3. The van der Waals surface area contributed by atoms with Crippen LogP contribution in [-0.2, 0) is 16.1 Å². The first-order valence-electron chi connectivity index (χ1n) is 10.8. The summed E-state index contributed by atoms with van der Waals surface area (Å²) < 4.78 is 17.3. The normalized spacial score (nSPS) is 19.2. The van der Waals surface area contributed by atoms with Gasteiger partial charge in [-0.1, -0.05) is 42.5 Å². The molecule has 0 bridgehead atoms. The molecule has 1 N–H and O–H groups in total. The van der Waals surface area contributed by atoms with E-state index in [0.717, 1.165) is 23.3 Å². The molecule has 0 aliphatic carbocycles. The molecule has 2 unspecified atom stereocenters. The predicted molar refractivity (Wildman–Crippen MR) is 119 cm³/mol. The Labute approximate surface area is 184 Å². The van der Waals surface area contributed by atoms with Crippen LogP contribution in [0.3, 0.4) is 0 Å². The number of benzene rings is 2. The van der Waals surface area contributed by atoms with E-state index in [-0.39, 0.29) is 31.3 Å². The third-order valence-electron chi connectivity index (χ3n) is 5.19. The van der Waals surface area contributed by atoms with Crippen molar-refractivity contribution in [2.24, 2.45) is 0 Å². The second-order valence-corrected chi connectivity index (χ2v) is 8.80. The molecule has 6 heteroatoms. The highest BCUT2D eigenvalue weighted by atomic mass is 16.6. The highest BCUT2D eigenvalue weighted by molar-refractivity contribution is 5.68. The zero-order chi connectivity index (χ0) is 22.3. The molecule has 2 aromatic rings. The molecule has 2 atom stereocenters. The number of carbonyl (C=O) groups excluding carboxylic acids is 1. The summed E-state index contributed by atoms with van der Waals surface area (Å²) in [4.78, 5) is 14.2. The van der Waals surface area contributed by atoms with Crippen LogP contribution in [0, 0.1) is 0 Å². The zero-order valence-corrected chi connectivity index (χ0v) is 18.6. The molecule has 1 aliphatic rings. The maximum absolute atomic E-state index is 12.5. The molecule has 168 valence electrons. The Kier molecular flexibility index (Phi) is 7.93. The quantitative estimate of drug-likeness (QED) is 0.711. The number of aliphatic hydroxyl groups is 1. The zero-order valence-electron chi connectivity index (χ0n) is 18.6. The van der Waals surface area contributed by atoms with Crippen LogP contribution in [0.2, 0.25) is 0 Å². The SMILES string of the molecule is CC(C)(C)OC(=O)N1CCC(c2ccc(OCc3ccccc3)cc2)C(OCCO)C1. The van der Waals surface area contributed by atoms with Crippen LogP contribution < -0.4 is 4.74 Å². The van der Waals surface area contributed by atoms with E-state index in [4.69, 9.17) is 14.2 Å². The van der Waals surface area contributed by atoms with E-state index >= 15 is 0 Å². The minimum Gasteiger partial charge on any atom is -0.489 e. The van der Waals surface area contributed by atoms with Gasteiger partial charge in [0.25, 0.3) is 0 Å². The van der Waals surface area contributed by atoms with Crippen molar-refractivity contribution in [3.63, 3.8) is 0 Å². The first-order chi connectivity index (χ1) is 14.9. The molecule has 0 aromatic heterocycles. The van der Waals surface area contributed by atoms with Crippen LogP contribution >= 0.6 is 0 Å². The van der Waals surface area contributed by atoms with Gasteiger partial charge in [-0.3, -0.25) is 0 Å². The Balaban J connectivity index is 1.63. The Morgan fingerprint density at radius 1 is 1.10 bits per heavy atom. The van der Waals surface area contributed by atoms with Crippen molar-refractivity contribution in [3.8, 4) is 5.75 Å². The van der Waals surface area contributed by atoms with Crippen LogP contribution in [0.15, 0.2) is 54.6 Å². The minimum absolute atomic E-state index is 0.0536. The monoisotopic (exact) mass is 427 g/mol. The summed E-state index contributed by atoms with van der Waals surface area (Å²) in [6, 6.07) is 18.1. The van der Waals surface area contributed by atoms with Gasteiger partial charge in [-0.25, -0.2) is 4.79 Å². The second kappa shape index (κ2) is 10.6. The summed E-state index contributed by atoms with van der Waals surface area (Å²) in [7, 11) is 0. The smallest absolute Gasteiger partial charge is 0.410 e. The molecule has 1 aliphatic heterocycles. The molecule has 1 saturated heterocycles. The van der Waals surface area contributed by atoms with Gasteiger partial charge >= 0.3 is 6.09 Å². The lowest BCUT2D eigenvalue weighted by atomic mass is 9.87. The maximum Gasteiger partial charge on any atom is 0.410 e. The molecule has 1 heterocycles. The predicted octanol–water partition coefficient (Wildman–Crippen LogP) is 4.37. The lowest BCUT2D eigenvalue weighted by Crippen LogP contribution is -2.48. The number of likely N-dealkylation sites (tertiary alicyclic amines) is 1. The van der Waals surface area contributed by atoms with Crippen molar-refractivity contribution in [1.82, 2.24) is 4.90 Å². The largest absolute Gasteiger partial charge is 0.489 e. The van der Waals surface area contributed by atoms with Crippen LogP contribution in [0.1, 0.15) is 44.2 Å². The Bertz CT molecular complexity index is 816. The third-order valence-corrected chi connectivity index (χ3v) is 5.19. The van der Waals surface area contributed by atoms with Crippen molar-refractivity contribution in [2.45, 2.75) is 51.4 Å². The van der Waals surface area contributed by atoms with Gasteiger partial charge in [0, 0.05) is 12.5 Å². The number of amides is 1. The molecule has 0 spiro atoms. The van der Waals surface area contributed by atoms with Crippen LogP contribution in [0.4, 0.5) is 4.79 Å². The highest BCUT2D eigenvalue weighted by Gasteiger charge is 2.35. The van der Waals surface area contributed by atoms with Gasteiger partial charge in [0.15, 0.2) is 0 Å². The van der Waals surface area contributed by atoms with E-state index in [2.05, 4.69) is 12.1 Å². The van der Waals surface area contributed by atoms with Gasteiger partial charge in [0.1, 0.15) is 18.0 Å². The minimum atomic E-state index is -0.537. The molecule has 2 aromatic carbocycles. The average molecular weight is 428 g/mol. The van der Waals surface area contributed by atoms with Crippen molar-refractivity contribution in [2.75, 3.05) is 26.3 Å². The molecule has 3 rings (SSSR count).